The predicted octanol–water partition coefficient (Wildman–Crippen LogP) is -1.64. The van der Waals surface area contributed by atoms with Gasteiger partial charge < -0.3 is 52.6 Å². The third-order valence-corrected chi connectivity index (χ3v) is 9.87. The lowest BCUT2D eigenvalue weighted by molar-refractivity contribution is -0.141. The van der Waals surface area contributed by atoms with E-state index in [0.29, 0.717) is 21.4 Å². The van der Waals surface area contributed by atoms with Crippen molar-refractivity contribution in [1.29, 1.82) is 0 Å². The number of fused-ring (bicyclic) bond motifs is 1. The second kappa shape index (κ2) is 22.1. The molecule has 1 aliphatic heterocycles. The molecule has 0 bridgehead atoms. The molecule has 0 spiro atoms. The number of hydrogen-bond donors (Lipinski definition) is 10. The molecule has 1 saturated heterocycles. The predicted molar refractivity (Wildman–Crippen MR) is 215 cm³/mol. The van der Waals surface area contributed by atoms with Crippen LogP contribution in [0.3, 0.4) is 0 Å². The van der Waals surface area contributed by atoms with Crippen molar-refractivity contribution in [3.8, 4) is 0 Å². The molecule has 2 aromatic carbocycles. The number of carboxylic acid groups (broad SMARTS) is 1. The fraction of sp³-hybridized carbons (Fsp3) is 0.378. The molecule has 4 rings (SSSR count). The fourth-order valence-corrected chi connectivity index (χ4v) is 6.72. The Balaban J connectivity index is 1.65. The maximum atomic E-state index is 14.0. The van der Waals surface area contributed by atoms with Gasteiger partial charge in [0.25, 0.3) is 0 Å². The van der Waals surface area contributed by atoms with Crippen LogP contribution in [0.5, 0.6) is 0 Å². The zero-order valence-electron chi connectivity index (χ0n) is 31.3. The van der Waals surface area contributed by atoms with Crippen molar-refractivity contribution in [1.82, 2.24) is 47.5 Å². The van der Waals surface area contributed by atoms with E-state index in [1.807, 2.05) is 18.2 Å². The summed E-state index contributed by atoms with van der Waals surface area (Å²) in [5.74, 6) is -7.76. The molecule has 1 aromatic heterocycles. The first-order valence-corrected chi connectivity index (χ1v) is 20.2. The van der Waals surface area contributed by atoms with Gasteiger partial charge >= 0.3 is 5.97 Å². The largest absolute Gasteiger partial charge is 0.481 e. The van der Waals surface area contributed by atoms with E-state index < -0.39 is 110 Å². The van der Waals surface area contributed by atoms with Crippen LogP contribution in [-0.4, -0.2) is 126 Å². The molecule has 0 radical (unpaired) electrons. The van der Waals surface area contributed by atoms with Crippen LogP contribution in [0.1, 0.15) is 24.0 Å². The minimum Gasteiger partial charge on any atom is -0.481 e. The third-order valence-electron chi connectivity index (χ3n) is 8.73. The molecule has 3 aromatic rings. The monoisotopic (exact) mass is 885 g/mol. The molecule has 0 unspecified atom stereocenters. The number of para-hydroxylation sites is 1. The Morgan fingerprint density at radius 3 is 1.90 bits per heavy atom. The van der Waals surface area contributed by atoms with Crippen molar-refractivity contribution in [2.45, 2.75) is 49.9 Å². The summed E-state index contributed by atoms with van der Waals surface area (Å²) in [5, 5.41) is 29.9. The molecule has 2 heterocycles. The molecule has 58 heavy (non-hydrogen) atoms. The number of H-pyrrole nitrogens is 1. The fourth-order valence-electron chi connectivity index (χ4n) is 5.80. The summed E-state index contributed by atoms with van der Waals surface area (Å²) in [6, 6.07) is 8.30. The number of thioether (sulfide) groups is 1. The van der Waals surface area contributed by atoms with Gasteiger partial charge in [-0.25, -0.2) is 0 Å². The quantitative estimate of drug-likeness (QED) is 0.116. The van der Waals surface area contributed by atoms with Crippen molar-refractivity contribution in [3.63, 3.8) is 0 Å². The van der Waals surface area contributed by atoms with Crippen LogP contribution in [0.25, 0.3) is 10.9 Å². The highest BCUT2D eigenvalue weighted by molar-refractivity contribution is 9.10. The van der Waals surface area contributed by atoms with E-state index in [0.717, 1.165) is 10.9 Å². The summed E-state index contributed by atoms with van der Waals surface area (Å²) in [5.41, 5.74) is 1.98. The van der Waals surface area contributed by atoms with E-state index in [2.05, 4.69) is 63.4 Å². The summed E-state index contributed by atoms with van der Waals surface area (Å²) < 4.78 is 0.661. The number of rotatable bonds is 9. The van der Waals surface area contributed by atoms with Gasteiger partial charge in [-0.05, 0) is 47.8 Å². The number of carbonyl (C=O) groups is 9. The van der Waals surface area contributed by atoms with Gasteiger partial charge in [0.05, 0.1) is 32.6 Å². The number of aromatic nitrogens is 1. The number of carboxylic acids is 1. The van der Waals surface area contributed by atoms with Gasteiger partial charge in [-0.15, -0.1) is 0 Å². The Morgan fingerprint density at radius 2 is 1.24 bits per heavy atom. The molecular formula is C37H44BrN9O10S. The topological polar surface area (TPSA) is 286 Å². The Morgan fingerprint density at radius 1 is 0.672 bits per heavy atom. The Hall–Kier alpha value is -5.96. The first kappa shape index (κ1) is 44.8. The molecule has 0 aliphatic carbocycles. The number of aliphatic carboxylic acids is 1. The summed E-state index contributed by atoms with van der Waals surface area (Å²) >= 11 is 4.70. The number of halogens is 1. The van der Waals surface area contributed by atoms with Gasteiger partial charge in [0.1, 0.15) is 24.2 Å². The highest BCUT2D eigenvalue weighted by Gasteiger charge is 2.33. The second-order valence-corrected chi connectivity index (χ2v) is 15.0. The van der Waals surface area contributed by atoms with Crippen molar-refractivity contribution < 1.29 is 48.3 Å². The molecule has 1 fully saturated rings. The zero-order valence-corrected chi connectivity index (χ0v) is 33.7. The van der Waals surface area contributed by atoms with Gasteiger partial charge in [0.2, 0.25) is 47.3 Å². The van der Waals surface area contributed by atoms with Gasteiger partial charge in [-0.3, -0.25) is 43.2 Å². The van der Waals surface area contributed by atoms with Gasteiger partial charge in [0.15, 0.2) is 0 Å². The van der Waals surface area contributed by atoms with Crippen molar-refractivity contribution in [3.05, 3.63) is 70.3 Å². The number of hydrogen-bond acceptors (Lipinski definition) is 10. The molecule has 19 nitrogen and oxygen atoms in total. The van der Waals surface area contributed by atoms with Crippen LogP contribution in [0.2, 0.25) is 0 Å². The van der Waals surface area contributed by atoms with Crippen molar-refractivity contribution >= 4 is 91.8 Å². The van der Waals surface area contributed by atoms with Crippen LogP contribution in [0.4, 0.5) is 0 Å². The van der Waals surface area contributed by atoms with Crippen LogP contribution >= 0.6 is 27.7 Å². The molecule has 4 atom stereocenters. The molecule has 10 N–H and O–H groups in total. The zero-order chi connectivity index (χ0) is 42.2. The molecule has 1 aliphatic rings. The second-order valence-electron chi connectivity index (χ2n) is 13.1. The number of aromatic amines is 1. The number of nitrogens with one attached hydrogen (secondary N) is 9. The van der Waals surface area contributed by atoms with Crippen molar-refractivity contribution in [2.24, 2.45) is 0 Å². The van der Waals surface area contributed by atoms with Gasteiger partial charge in [0, 0.05) is 34.4 Å². The molecule has 0 saturated carbocycles. The number of carbonyl (C=O) groups excluding carboxylic acids is 8. The standard InChI is InChI=1S/C37H44BrN9O10S/c1-58-10-9-25-35(55)47-28(14-33(52)53)37(57)46-26(12-20-5-4-6-22(38)11-20)34(54)43-18-31(50)41-16-29(48)40-17-30(49)42-19-32(51)44-27(36(56)45-25)13-21-15-39-24-8-3-2-7-23(21)24/h2-8,11,15,25-28,39H,9-10,12-14,16-19H2,1H3,(H,40,48)(H,41,50)(H,42,49)(H,43,54)(H,44,51)(H,45,56)(H,46,57)(H,47,55)(H,52,53)/t25-,26-,27-,28-/m0/s1. The summed E-state index contributed by atoms with van der Waals surface area (Å²) in [6.45, 7) is -2.34. The van der Waals surface area contributed by atoms with Gasteiger partial charge in [-0.2, -0.15) is 11.8 Å². The normalized spacial score (nSPS) is 21.2. The lowest BCUT2D eigenvalue weighted by atomic mass is 10.0. The van der Waals surface area contributed by atoms with E-state index >= 15 is 0 Å². The molecule has 21 heteroatoms. The van der Waals surface area contributed by atoms with Crippen LogP contribution in [0, 0.1) is 0 Å². The highest BCUT2D eigenvalue weighted by atomic mass is 79.9. The first-order valence-electron chi connectivity index (χ1n) is 18.0. The SMILES string of the molecule is CSCC[C@@H]1NC(=O)[C@H](Cc2c[nH]c3ccccc23)NC(=O)CNC(=O)CNC(=O)CNC(=O)CNC(=O)[C@H](Cc2cccc(Br)c2)NC(=O)[C@H](CC(=O)O)NC1=O. The van der Waals surface area contributed by atoms with E-state index in [9.17, 15) is 48.3 Å². The van der Waals surface area contributed by atoms with Crippen molar-refractivity contribution in [2.75, 3.05) is 38.2 Å². The Bertz CT molecular complexity index is 2030. The van der Waals surface area contributed by atoms with E-state index in [-0.39, 0.29) is 19.3 Å². The minimum atomic E-state index is -1.73. The Kier molecular flexibility index (Phi) is 17.1. The molecule has 8 amide bonds. The summed E-state index contributed by atoms with van der Waals surface area (Å²) in [6.07, 6.45) is 2.39. The first-order chi connectivity index (χ1) is 27.7. The third kappa shape index (κ3) is 14.2. The van der Waals surface area contributed by atoms with Crippen LogP contribution in [0.15, 0.2) is 59.2 Å². The molecular weight excluding hydrogens is 842 g/mol. The van der Waals surface area contributed by atoms with Crippen LogP contribution < -0.4 is 42.5 Å². The highest BCUT2D eigenvalue weighted by Crippen LogP contribution is 2.19. The molecule has 310 valence electrons. The number of benzene rings is 2. The lowest BCUT2D eigenvalue weighted by Gasteiger charge is -2.26. The minimum absolute atomic E-state index is 0.0334. The summed E-state index contributed by atoms with van der Waals surface area (Å²) in [7, 11) is 0. The average Bonchev–Trinajstić information content (AvgIpc) is 3.60. The number of amides is 8. The summed E-state index contributed by atoms with van der Waals surface area (Å²) in [4.78, 5) is 120. The van der Waals surface area contributed by atoms with Gasteiger partial charge in [-0.1, -0.05) is 46.3 Å². The Labute approximate surface area is 344 Å². The average molecular weight is 887 g/mol. The van der Waals surface area contributed by atoms with E-state index in [1.54, 1.807) is 42.8 Å². The lowest BCUT2D eigenvalue weighted by Crippen LogP contribution is -2.59. The smallest absolute Gasteiger partial charge is 0.305 e. The van der Waals surface area contributed by atoms with E-state index in [1.165, 1.54) is 11.8 Å². The van der Waals surface area contributed by atoms with E-state index in [4.69, 9.17) is 0 Å². The maximum Gasteiger partial charge on any atom is 0.305 e. The maximum absolute atomic E-state index is 14.0. The van der Waals surface area contributed by atoms with Crippen LogP contribution in [-0.2, 0) is 56.0 Å².